The van der Waals surface area contributed by atoms with E-state index < -0.39 is 0 Å². The van der Waals surface area contributed by atoms with Crippen LogP contribution in [0.5, 0.6) is 5.75 Å². The van der Waals surface area contributed by atoms with E-state index in [1.807, 2.05) is 42.5 Å². The number of aromatic nitrogens is 3. The Bertz CT molecular complexity index is 1630. The van der Waals surface area contributed by atoms with Gasteiger partial charge < -0.3 is 9.15 Å². The number of hydrogen-bond donors (Lipinski definition) is 0. The number of hydrogen-bond acceptors (Lipinski definition) is 6. The second-order valence-corrected chi connectivity index (χ2v) is 9.49. The van der Waals surface area contributed by atoms with Crippen molar-refractivity contribution in [3.63, 3.8) is 0 Å². The van der Waals surface area contributed by atoms with Crippen molar-refractivity contribution in [3.8, 4) is 17.1 Å². The molecule has 5 rings (SSSR count). The van der Waals surface area contributed by atoms with Crippen molar-refractivity contribution in [1.29, 1.82) is 0 Å². The number of rotatable bonds is 7. The molecule has 0 atom stereocenters. The van der Waals surface area contributed by atoms with Gasteiger partial charge in [-0.15, -0.1) is 5.10 Å². The summed E-state index contributed by atoms with van der Waals surface area (Å²) in [5.74, 6) is 2.47. The summed E-state index contributed by atoms with van der Waals surface area (Å²) in [6.45, 7) is 2.76. The first-order chi connectivity index (χ1) is 17.0. The minimum absolute atomic E-state index is 0.248. The van der Waals surface area contributed by atoms with Crippen LogP contribution in [0.3, 0.4) is 0 Å². The minimum atomic E-state index is -0.248. The highest BCUT2D eigenvalue weighted by molar-refractivity contribution is 7.15. The molecule has 0 aliphatic heterocycles. The molecule has 3 heterocycles. The summed E-state index contributed by atoms with van der Waals surface area (Å²) >= 11 is 13.3. The van der Waals surface area contributed by atoms with Crippen molar-refractivity contribution in [2.75, 3.05) is 6.61 Å². The van der Waals surface area contributed by atoms with Crippen molar-refractivity contribution in [1.82, 2.24) is 14.6 Å². The zero-order valence-electron chi connectivity index (χ0n) is 18.6. The van der Waals surface area contributed by atoms with Crippen LogP contribution in [-0.2, 0) is 0 Å². The van der Waals surface area contributed by atoms with Gasteiger partial charge in [0.25, 0.3) is 5.56 Å². The van der Waals surface area contributed by atoms with Crippen molar-refractivity contribution >= 4 is 57.7 Å². The van der Waals surface area contributed by atoms with Gasteiger partial charge >= 0.3 is 0 Å². The number of benzene rings is 2. The molecule has 0 spiro atoms. The maximum atomic E-state index is 12.8. The van der Waals surface area contributed by atoms with Crippen LogP contribution in [0.25, 0.3) is 34.5 Å². The summed E-state index contributed by atoms with van der Waals surface area (Å²) in [7, 11) is 0. The van der Waals surface area contributed by atoms with Gasteiger partial charge in [0.15, 0.2) is 5.82 Å². The third-order valence-electron chi connectivity index (χ3n) is 5.08. The molecule has 176 valence electrons. The van der Waals surface area contributed by atoms with Crippen LogP contribution < -0.4 is 14.8 Å². The van der Waals surface area contributed by atoms with Gasteiger partial charge in [0.05, 0.1) is 16.7 Å². The molecule has 0 aliphatic carbocycles. The Morgan fingerprint density at radius 2 is 1.89 bits per heavy atom. The second kappa shape index (κ2) is 10.1. The number of ether oxygens (including phenoxy) is 1. The van der Waals surface area contributed by atoms with Gasteiger partial charge in [-0.1, -0.05) is 59.7 Å². The average molecular weight is 524 g/mol. The molecule has 0 aliphatic rings. The number of fused-ring (bicyclic) bond motifs is 1. The Morgan fingerprint density at radius 1 is 1.06 bits per heavy atom. The predicted octanol–water partition coefficient (Wildman–Crippen LogP) is 6.22. The van der Waals surface area contributed by atoms with Gasteiger partial charge in [-0.3, -0.25) is 4.79 Å². The highest BCUT2D eigenvalue weighted by Crippen LogP contribution is 2.29. The fraction of sp³-hybridized carbons (Fsp3) is 0.115. The smallest absolute Gasteiger partial charge is 0.291 e. The summed E-state index contributed by atoms with van der Waals surface area (Å²) < 4.78 is 13.3. The Kier molecular flexibility index (Phi) is 6.72. The molecule has 0 radical (unpaired) electrons. The van der Waals surface area contributed by atoms with E-state index in [0.29, 0.717) is 43.5 Å². The van der Waals surface area contributed by atoms with Crippen LogP contribution >= 0.6 is 34.5 Å². The van der Waals surface area contributed by atoms with E-state index >= 15 is 0 Å². The lowest BCUT2D eigenvalue weighted by atomic mass is 10.2. The molecule has 0 saturated heterocycles. The molecule has 35 heavy (non-hydrogen) atoms. The highest BCUT2D eigenvalue weighted by atomic mass is 35.5. The molecule has 9 heteroatoms. The maximum absolute atomic E-state index is 12.8. The van der Waals surface area contributed by atoms with E-state index in [4.69, 9.17) is 32.4 Å². The largest absolute Gasteiger partial charge is 0.494 e. The van der Waals surface area contributed by atoms with E-state index in [-0.39, 0.29) is 5.56 Å². The van der Waals surface area contributed by atoms with Gasteiger partial charge in [-0.2, -0.15) is 9.50 Å². The molecule has 0 bridgehead atoms. The Morgan fingerprint density at radius 3 is 2.63 bits per heavy atom. The molecule has 5 aromatic rings. The van der Waals surface area contributed by atoms with Crippen LogP contribution in [0.4, 0.5) is 0 Å². The zero-order valence-corrected chi connectivity index (χ0v) is 20.9. The molecule has 2 aromatic carbocycles. The second-order valence-electron chi connectivity index (χ2n) is 7.66. The Balaban J connectivity index is 1.35. The highest BCUT2D eigenvalue weighted by Gasteiger charge is 2.11. The molecule has 0 unspecified atom stereocenters. The molecule has 6 nitrogen and oxygen atoms in total. The first-order valence-corrected chi connectivity index (χ1v) is 12.4. The molecule has 0 amide bonds. The molecular weight excluding hydrogens is 505 g/mol. The first-order valence-electron chi connectivity index (χ1n) is 10.9. The number of thiazole rings is 1. The fourth-order valence-electron chi connectivity index (χ4n) is 3.35. The van der Waals surface area contributed by atoms with Crippen molar-refractivity contribution < 1.29 is 9.15 Å². The summed E-state index contributed by atoms with van der Waals surface area (Å²) in [6.07, 6.45) is 6.32. The summed E-state index contributed by atoms with van der Waals surface area (Å²) in [5.41, 5.74) is 1.53. The predicted molar refractivity (Wildman–Crippen MR) is 141 cm³/mol. The monoisotopic (exact) mass is 523 g/mol. The average Bonchev–Trinajstić information content (AvgIpc) is 3.56. The van der Waals surface area contributed by atoms with E-state index in [9.17, 15) is 4.79 Å². The standard InChI is InChI=1S/C26H19Cl2N3O3S/c1-2-13-33-18-7-3-16(4-8-18)5-12-24-29-26-31(30-24)25(32)23(35-26)15-19-9-11-22(34-19)17-6-10-20(27)21(28)14-17/h3-12,14-15H,2,13H2,1H3/b12-5+,23-15-. The number of furan rings is 1. The lowest BCUT2D eigenvalue weighted by molar-refractivity contribution is 0.317. The maximum Gasteiger partial charge on any atom is 0.291 e. The molecular formula is C26H19Cl2N3O3S. The molecule has 0 N–H and O–H groups in total. The lowest BCUT2D eigenvalue weighted by Gasteiger charge is -2.03. The van der Waals surface area contributed by atoms with Gasteiger partial charge in [-0.25, -0.2) is 0 Å². The van der Waals surface area contributed by atoms with E-state index in [0.717, 1.165) is 23.3 Å². The summed E-state index contributed by atoms with van der Waals surface area (Å²) in [5, 5.41) is 5.25. The van der Waals surface area contributed by atoms with Crippen LogP contribution in [0.2, 0.25) is 10.0 Å². The Labute approximate surface area is 214 Å². The van der Waals surface area contributed by atoms with Gasteiger partial charge in [0, 0.05) is 11.6 Å². The van der Waals surface area contributed by atoms with Gasteiger partial charge in [0.1, 0.15) is 21.8 Å². The van der Waals surface area contributed by atoms with Crippen LogP contribution in [0, 0.1) is 0 Å². The molecule has 0 fully saturated rings. The molecule has 0 saturated carbocycles. The van der Waals surface area contributed by atoms with Crippen LogP contribution in [-0.4, -0.2) is 21.2 Å². The van der Waals surface area contributed by atoms with Crippen LogP contribution in [0.1, 0.15) is 30.5 Å². The first kappa shape index (κ1) is 23.4. The number of halogens is 2. The lowest BCUT2D eigenvalue weighted by Crippen LogP contribution is -2.23. The normalized spacial score (nSPS) is 12.3. The SMILES string of the molecule is CCCOc1ccc(/C=C/c2nc3s/c(=C\c4ccc(-c5ccc(Cl)c(Cl)c5)o4)c(=O)n3n2)cc1. The quantitative estimate of drug-likeness (QED) is 0.253. The minimum Gasteiger partial charge on any atom is -0.494 e. The number of nitrogens with zero attached hydrogens (tertiary/aromatic N) is 3. The van der Waals surface area contributed by atoms with Crippen molar-refractivity contribution in [2.45, 2.75) is 13.3 Å². The fourth-order valence-corrected chi connectivity index (χ4v) is 4.54. The van der Waals surface area contributed by atoms with E-state index in [2.05, 4.69) is 17.0 Å². The summed E-state index contributed by atoms with van der Waals surface area (Å²) in [6, 6.07) is 16.6. The van der Waals surface area contributed by atoms with E-state index in [1.54, 1.807) is 30.4 Å². The third kappa shape index (κ3) is 5.17. The van der Waals surface area contributed by atoms with Gasteiger partial charge in [-0.05, 0) is 60.5 Å². The van der Waals surface area contributed by atoms with Crippen molar-refractivity contribution in [2.24, 2.45) is 0 Å². The van der Waals surface area contributed by atoms with Crippen molar-refractivity contribution in [3.05, 3.63) is 96.7 Å². The molecule has 3 aromatic heterocycles. The zero-order chi connectivity index (χ0) is 24.4. The van der Waals surface area contributed by atoms with Crippen LogP contribution in [0.15, 0.2) is 63.8 Å². The Hall–Kier alpha value is -3.39. The van der Waals surface area contributed by atoms with E-state index in [1.165, 1.54) is 15.9 Å². The topological polar surface area (TPSA) is 69.6 Å². The third-order valence-corrected chi connectivity index (χ3v) is 6.78. The van der Waals surface area contributed by atoms with Gasteiger partial charge in [0.2, 0.25) is 4.96 Å². The summed E-state index contributed by atoms with van der Waals surface area (Å²) in [4.78, 5) is 17.8.